The largest absolute Gasteiger partial charge is 0.361 e. The molecular formula is C17H19N3O3S. The van der Waals surface area contributed by atoms with E-state index >= 15 is 0 Å². The van der Waals surface area contributed by atoms with E-state index in [9.17, 15) is 9.59 Å². The van der Waals surface area contributed by atoms with Crippen LogP contribution in [0.25, 0.3) is 0 Å². The number of amides is 2. The SMILES string of the molecule is Cc1cc(CSCC(=O)N2c3ccccc3NC(=O)C2(C)C)no1. The molecule has 1 N–H and O–H groups in total. The monoisotopic (exact) mass is 345 g/mol. The van der Waals surface area contributed by atoms with E-state index in [-0.39, 0.29) is 17.6 Å². The predicted molar refractivity (Wildman–Crippen MR) is 94.0 cm³/mol. The van der Waals surface area contributed by atoms with Gasteiger partial charge in [0, 0.05) is 11.8 Å². The van der Waals surface area contributed by atoms with E-state index in [0.29, 0.717) is 11.4 Å². The molecule has 1 aromatic carbocycles. The lowest BCUT2D eigenvalue weighted by Crippen LogP contribution is -2.58. The Balaban J connectivity index is 1.75. The average molecular weight is 345 g/mol. The van der Waals surface area contributed by atoms with Crippen LogP contribution in [0.3, 0.4) is 0 Å². The van der Waals surface area contributed by atoms with Gasteiger partial charge in [-0.3, -0.25) is 14.5 Å². The number of anilines is 2. The lowest BCUT2D eigenvalue weighted by Gasteiger charge is -2.42. The zero-order chi connectivity index (χ0) is 17.3. The highest BCUT2D eigenvalue weighted by molar-refractivity contribution is 7.99. The number of carbonyl (C=O) groups excluding carboxylic acids is 2. The molecule has 0 aliphatic carbocycles. The first-order chi connectivity index (χ1) is 11.4. The van der Waals surface area contributed by atoms with Crippen molar-refractivity contribution in [2.45, 2.75) is 32.1 Å². The summed E-state index contributed by atoms with van der Waals surface area (Å²) in [6.07, 6.45) is 0. The molecule has 0 fully saturated rings. The molecule has 126 valence electrons. The number of nitrogens with one attached hydrogen (secondary N) is 1. The topological polar surface area (TPSA) is 75.4 Å². The Morgan fingerprint density at radius 1 is 1.38 bits per heavy atom. The molecule has 3 rings (SSSR count). The van der Waals surface area contributed by atoms with Crippen LogP contribution in [0.2, 0.25) is 0 Å². The van der Waals surface area contributed by atoms with Crippen LogP contribution in [-0.4, -0.2) is 28.3 Å². The van der Waals surface area contributed by atoms with Gasteiger partial charge >= 0.3 is 0 Å². The van der Waals surface area contributed by atoms with Crippen LogP contribution < -0.4 is 10.2 Å². The maximum Gasteiger partial charge on any atom is 0.250 e. The first-order valence-electron chi connectivity index (χ1n) is 7.63. The van der Waals surface area contributed by atoms with Gasteiger partial charge < -0.3 is 9.84 Å². The molecule has 2 heterocycles. The van der Waals surface area contributed by atoms with Gasteiger partial charge in [-0.2, -0.15) is 0 Å². The molecule has 0 saturated heterocycles. The van der Waals surface area contributed by atoms with Gasteiger partial charge in [-0.05, 0) is 32.9 Å². The maximum atomic E-state index is 12.8. The van der Waals surface area contributed by atoms with Crippen molar-refractivity contribution < 1.29 is 14.1 Å². The van der Waals surface area contributed by atoms with Crippen LogP contribution in [0.5, 0.6) is 0 Å². The maximum absolute atomic E-state index is 12.8. The third-order valence-electron chi connectivity index (χ3n) is 3.91. The van der Waals surface area contributed by atoms with E-state index < -0.39 is 5.54 Å². The second kappa shape index (κ2) is 6.32. The van der Waals surface area contributed by atoms with E-state index in [2.05, 4.69) is 10.5 Å². The highest BCUT2D eigenvalue weighted by Crippen LogP contribution is 2.37. The molecule has 6 nitrogen and oxygen atoms in total. The van der Waals surface area contributed by atoms with Gasteiger partial charge in [0.15, 0.2) is 0 Å². The van der Waals surface area contributed by atoms with Crippen LogP contribution in [0.1, 0.15) is 25.3 Å². The number of rotatable bonds is 4. The smallest absolute Gasteiger partial charge is 0.250 e. The summed E-state index contributed by atoms with van der Waals surface area (Å²) in [5.74, 6) is 1.31. The number of aromatic nitrogens is 1. The Morgan fingerprint density at radius 2 is 2.12 bits per heavy atom. The average Bonchev–Trinajstić information content (AvgIpc) is 2.93. The summed E-state index contributed by atoms with van der Waals surface area (Å²) in [6.45, 7) is 5.34. The zero-order valence-electron chi connectivity index (χ0n) is 13.8. The first kappa shape index (κ1) is 16.6. The highest BCUT2D eigenvalue weighted by atomic mass is 32.2. The second-order valence-electron chi connectivity index (χ2n) is 6.18. The lowest BCUT2D eigenvalue weighted by molar-refractivity contribution is -0.125. The molecule has 7 heteroatoms. The normalized spacial score (nSPS) is 15.8. The molecule has 1 aromatic heterocycles. The van der Waals surface area contributed by atoms with Crippen molar-refractivity contribution in [2.75, 3.05) is 16.0 Å². The Morgan fingerprint density at radius 3 is 2.83 bits per heavy atom. The highest BCUT2D eigenvalue weighted by Gasteiger charge is 2.43. The zero-order valence-corrected chi connectivity index (χ0v) is 14.6. The van der Waals surface area contributed by atoms with Crippen LogP contribution in [0, 0.1) is 6.92 Å². The summed E-state index contributed by atoms with van der Waals surface area (Å²) in [5, 5.41) is 6.77. The van der Waals surface area contributed by atoms with Crippen molar-refractivity contribution in [1.29, 1.82) is 0 Å². The lowest BCUT2D eigenvalue weighted by atomic mass is 9.96. The number of hydrogen-bond acceptors (Lipinski definition) is 5. The quantitative estimate of drug-likeness (QED) is 0.922. The molecule has 0 atom stereocenters. The molecule has 2 aromatic rings. The standard InChI is InChI=1S/C17H19N3O3S/c1-11-8-12(19-23-11)9-24-10-15(21)20-14-7-5-4-6-13(14)18-16(22)17(20,2)3/h4-8H,9-10H2,1-3H3,(H,18,22). The number of fused-ring (bicyclic) bond motifs is 1. The van der Waals surface area contributed by atoms with Crippen molar-refractivity contribution in [2.24, 2.45) is 0 Å². The first-order valence-corrected chi connectivity index (χ1v) is 8.78. The molecule has 1 aliphatic rings. The predicted octanol–water partition coefficient (Wildman–Crippen LogP) is 2.98. The Labute approximate surface area is 144 Å². The number of nitrogens with zero attached hydrogens (tertiary/aromatic N) is 2. The van der Waals surface area contributed by atoms with Crippen LogP contribution in [-0.2, 0) is 15.3 Å². The van der Waals surface area contributed by atoms with E-state index in [1.165, 1.54) is 11.8 Å². The van der Waals surface area contributed by atoms with Gasteiger partial charge in [0.25, 0.3) is 0 Å². The van der Waals surface area contributed by atoms with Crippen LogP contribution >= 0.6 is 11.8 Å². The summed E-state index contributed by atoms with van der Waals surface area (Å²) >= 11 is 1.45. The Hall–Kier alpha value is -2.28. The Bertz CT molecular complexity index is 785. The van der Waals surface area contributed by atoms with Crippen molar-refractivity contribution in [1.82, 2.24) is 5.16 Å². The summed E-state index contributed by atoms with van der Waals surface area (Å²) in [5.41, 5.74) is 1.26. The molecule has 0 spiro atoms. The second-order valence-corrected chi connectivity index (χ2v) is 7.17. The van der Waals surface area contributed by atoms with E-state index in [1.54, 1.807) is 24.8 Å². The molecule has 0 saturated carbocycles. The van der Waals surface area contributed by atoms with Crippen molar-refractivity contribution in [3.8, 4) is 0 Å². The molecule has 0 unspecified atom stereocenters. The van der Waals surface area contributed by atoms with Crippen LogP contribution in [0.15, 0.2) is 34.9 Å². The minimum absolute atomic E-state index is 0.104. The van der Waals surface area contributed by atoms with Gasteiger partial charge in [-0.25, -0.2) is 0 Å². The molecule has 2 amide bonds. The number of aryl methyl sites for hydroxylation is 1. The minimum atomic E-state index is -0.934. The molecule has 24 heavy (non-hydrogen) atoms. The third kappa shape index (κ3) is 3.03. The van der Waals surface area contributed by atoms with Gasteiger partial charge in [-0.1, -0.05) is 17.3 Å². The summed E-state index contributed by atoms with van der Waals surface area (Å²) in [6, 6.07) is 9.19. The van der Waals surface area contributed by atoms with Crippen molar-refractivity contribution in [3.05, 3.63) is 41.8 Å². The Kier molecular flexibility index (Phi) is 4.36. The summed E-state index contributed by atoms with van der Waals surface area (Å²) < 4.78 is 5.02. The summed E-state index contributed by atoms with van der Waals surface area (Å²) in [7, 11) is 0. The molecule has 1 aliphatic heterocycles. The molecule has 0 radical (unpaired) electrons. The molecular weight excluding hydrogens is 326 g/mol. The van der Waals surface area contributed by atoms with Gasteiger partial charge in [0.1, 0.15) is 11.3 Å². The van der Waals surface area contributed by atoms with Gasteiger partial charge in [-0.15, -0.1) is 11.8 Å². The number of para-hydroxylation sites is 2. The number of thioether (sulfide) groups is 1. The van der Waals surface area contributed by atoms with E-state index in [0.717, 1.165) is 17.1 Å². The fourth-order valence-corrected chi connectivity index (χ4v) is 3.44. The number of hydrogen-bond donors (Lipinski definition) is 1. The molecule has 0 bridgehead atoms. The summed E-state index contributed by atoms with van der Waals surface area (Å²) in [4.78, 5) is 26.7. The number of benzene rings is 1. The van der Waals surface area contributed by atoms with Crippen molar-refractivity contribution in [3.63, 3.8) is 0 Å². The fraction of sp³-hybridized carbons (Fsp3) is 0.353. The van der Waals surface area contributed by atoms with E-state index in [1.807, 2.05) is 31.2 Å². The van der Waals surface area contributed by atoms with Crippen LogP contribution in [0.4, 0.5) is 11.4 Å². The van der Waals surface area contributed by atoms with Gasteiger partial charge in [0.2, 0.25) is 11.8 Å². The van der Waals surface area contributed by atoms with E-state index in [4.69, 9.17) is 4.52 Å². The van der Waals surface area contributed by atoms with Crippen molar-refractivity contribution >= 4 is 35.0 Å². The fourth-order valence-electron chi connectivity index (χ4n) is 2.69. The third-order valence-corrected chi connectivity index (χ3v) is 4.86. The van der Waals surface area contributed by atoms with Gasteiger partial charge in [0.05, 0.1) is 22.8 Å². The number of carbonyl (C=O) groups is 2. The minimum Gasteiger partial charge on any atom is -0.361 e.